The number of methoxy groups -OCH3 is 1. The Morgan fingerprint density at radius 3 is 2.86 bits per heavy atom. The SMILES string of the molecule is COc1cccc([C@@H](C)NCC2CN(c3ccccc3C(=O)O)CCO2)c1.Cl. The highest BCUT2D eigenvalue weighted by molar-refractivity contribution is 5.94. The second-order valence-electron chi connectivity index (χ2n) is 6.67. The summed E-state index contributed by atoms with van der Waals surface area (Å²) in [5.41, 5.74) is 2.23. The Balaban J connectivity index is 0.00000280. The molecule has 0 bridgehead atoms. The van der Waals surface area contributed by atoms with E-state index in [1.54, 1.807) is 19.2 Å². The smallest absolute Gasteiger partial charge is 0.337 e. The molecular formula is C21H27ClN2O4. The van der Waals surface area contributed by atoms with Gasteiger partial charge in [0.2, 0.25) is 0 Å². The van der Waals surface area contributed by atoms with Crippen LogP contribution in [0.25, 0.3) is 0 Å². The van der Waals surface area contributed by atoms with Crippen LogP contribution in [-0.2, 0) is 4.74 Å². The summed E-state index contributed by atoms with van der Waals surface area (Å²) in [6.07, 6.45) is -0.00587. The van der Waals surface area contributed by atoms with Gasteiger partial charge < -0.3 is 24.8 Å². The van der Waals surface area contributed by atoms with Crippen LogP contribution in [0.2, 0.25) is 0 Å². The van der Waals surface area contributed by atoms with Gasteiger partial charge in [-0.2, -0.15) is 0 Å². The zero-order valence-electron chi connectivity index (χ0n) is 16.1. The molecule has 6 nitrogen and oxygen atoms in total. The normalized spacial score (nSPS) is 17.5. The molecule has 0 saturated carbocycles. The van der Waals surface area contributed by atoms with Crippen LogP contribution in [0.4, 0.5) is 5.69 Å². The molecule has 152 valence electrons. The lowest BCUT2D eigenvalue weighted by atomic mass is 10.1. The monoisotopic (exact) mass is 406 g/mol. The van der Waals surface area contributed by atoms with Gasteiger partial charge in [0.15, 0.2) is 0 Å². The fourth-order valence-electron chi connectivity index (χ4n) is 3.33. The molecule has 0 aromatic heterocycles. The van der Waals surface area contributed by atoms with E-state index in [-0.39, 0.29) is 24.6 Å². The van der Waals surface area contributed by atoms with Gasteiger partial charge >= 0.3 is 5.97 Å². The van der Waals surface area contributed by atoms with E-state index in [2.05, 4.69) is 23.2 Å². The van der Waals surface area contributed by atoms with Gasteiger partial charge in [-0.05, 0) is 36.8 Å². The number of anilines is 1. The third kappa shape index (κ3) is 5.38. The van der Waals surface area contributed by atoms with Crippen LogP contribution >= 0.6 is 12.4 Å². The first-order valence-corrected chi connectivity index (χ1v) is 9.14. The summed E-state index contributed by atoms with van der Waals surface area (Å²) in [6.45, 7) is 4.71. The lowest BCUT2D eigenvalue weighted by Gasteiger charge is -2.35. The minimum absolute atomic E-state index is 0. The quantitative estimate of drug-likeness (QED) is 0.734. The van der Waals surface area contributed by atoms with Crippen LogP contribution in [0, 0.1) is 0 Å². The fraction of sp³-hybridized carbons (Fsp3) is 0.381. The van der Waals surface area contributed by atoms with Gasteiger partial charge in [0.25, 0.3) is 0 Å². The Morgan fingerprint density at radius 1 is 1.32 bits per heavy atom. The highest BCUT2D eigenvalue weighted by Gasteiger charge is 2.24. The zero-order chi connectivity index (χ0) is 19.2. The summed E-state index contributed by atoms with van der Waals surface area (Å²) < 4.78 is 11.2. The number of halogens is 1. The van der Waals surface area contributed by atoms with Crippen LogP contribution in [0.5, 0.6) is 5.75 Å². The summed E-state index contributed by atoms with van der Waals surface area (Å²) in [4.78, 5) is 13.6. The summed E-state index contributed by atoms with van der Waals surface area (Å²) in [7, 11) is 1.66. The van der Waals surface area contributed by atoms with Crippen LogP contribution < -0.4 is 15.0 Å². The molecule has 1 unspecified atom stereocenters. The average molecular weight is 407 g/mol. The van der Waals surface area contributed by atoms with E-state index in [1.165, 1.54) is 0 Å². The number of rotatable bonds is 7. The van der Waals surface area contributed by atoms with Crippen molar-refractivity contribution in [2.45, 2.75) is 19.1 Å². The predicted octanol–water partition coefficient (Wildman–Crippen LogP) is 3.37. The predicted molar refractivity (Wildman–Crippen MR) is 112 cm³/mol. The second kappa shape index (κ2) is 10.3. The molecule has 28 heavy (non-hydrogen) atoms. The molecule has 0 amide bonds. The lowest BCUT2D eigenvalue weighted by molar-refractivity contribution is 0.0392. The maximum atomic E-state index is 11.5. The molecule has 0 radical (unpaired) electrons. The topological polar surface area (TPSA) is 71.0 Å². The van der Waals surface area contributed by atoms with Crippen LogP contribution in [-0.4, -0.2) is 50.5 Å². The number of nitrogens with zero attached hydrogens (tertiary/aromatic N) is 1. The number of carboxylic acids is 1. The number of aromatic carboxylic acids is 1. The Bertz CT molecular complexity index is 787. The molecule has 2 aromatic rings. The van der Waals surface area contributed by atoms with Crippen LogP contribution in [0.3, 0.4) is 0 Å². The Labute approximate surface area is 171 Å². The largest absolute Gasteiger partial charge is 0.497 e. The first-order chi connectivity index (χ1) is 13.1. The first-order valence-electron chi connectivity index (χ1n) is 9.14. The molecule has 2 N–H and O–H groups in total. The van der Waals surface area contributed by atoms with E-state index in [1.807, 2.05) is 30.3 Å². The molecule has 3 rings (SSSR count). The first kappa shape index (κ1) is 22.0. The number of hydrogen-bond donors (Lipinski definition) is 2. The Hall–Kier alpha value is -2.28. The van der Waals surface area contributed by atoms with Gasteiger partial charge in [-0.1, -0.05) is 24.3 Å². The zero-order valence-corrected chi connectivity index (χ0v) is 16.9. The van der Waals surface area contributed by atoms with Gasteiger partial charge in [-0.3, -0.25) is 0 Å². The van der Waals surface area contributed by atoms with Gasteiger partial charge in [0.1, 0.15) is 5.75 Å². The van der Waals surface area contributed by atoms with E-state index in [0.29, 0.717) is 31.8 Å². The van der Waals surface area contributed by atoms with E-state index < -0.39 is 5.97 Å². The van der Waals surface area contributed by atoms with E-state index >= 15 is 0 Å². The van der Waals surface area contributed by atoms with Crippen molar-refractivity contribution >= 4 is 24.1 Å². The number of morpholine rings is 1. The van der Waals surface area contributed by atoms with Crippen molar-refractivity contribution in [3.05, 3.63) is 59.7 Å². The molecule has 0 spiro atoms. The minimum atomic E-state index is -0.904. The van der Waals surface area contributed by atoms with Crippen molar-refractivity contribution in [3.8, 4) is 5.75 Å². The van der Waals surface area contributed by atoms with Crippen molar-refractivity contribution in [3.63, 3.8) is 0 Å². The highest BCUT2D eigenvalue weighted by atomic mass is 35.5. The Kier molecular flexibility index (Phi) is 8.11. The summed E-state index contributed by atoms with van der Waals surface area (Å²) >= 11 is 0. The number of benzene rings is 2. The number of carbonyl (C=O) groups is 1. The molecule has 7 heteroatoms. The molecule has 1 aliphatic heterocycles. The molecule has 1 fully saturated rings. The van der Waals surface area contributed by atoms with Gasteiger partial charge in [-0.25, -0.2) is 4.79 Å². The molecule has 1 aliphatic rings. The summed E-state index contributed by atoms with van der Waals surface area (Å²) in [5, 5.41) is 12.9. The number of hydrogen-bond acceptors (Lipinski definition) is 5. The van der Waals surface area contributed by atoms with E-state index in [0.717, 1.165) is 17.0 Å². The average Bonchev–Trinajstić information content (AvgIpc) is 2.72. The summed E-state index contributed by atoms with van der Waals surface area (Å²) in [6, 6.07) is 15.3. The third-order valence-corrected chi connectivity index (χ3v) is 4.86. The highest BCUT2D eigenvalue weighted by Crippen LogP contribution is 2.23. The maximum Gasteiger partial charge on any atom is 0.337 e. The molecule has 1 heterocycles. The van der Waals surface area contributed by atoms with E-state index in [4.69, 9.17) is 9.47 Å². The van der Waals surface area contributed by atoms with Gasteiger partial charge in [-0.15, -0.1) is 12.4 Å². The standard InChI is InChI=1S/C21H26N2O4.ClH/c1-15(16-6-5-7-17(12-16)26-2)22-13-18-14-23(10-11-27-18)20-9-4-3-8-19(20)21(24)25;/h3-9,12,15,18,22H,10-11,13-14H2,1-2H3,(H,24,25);1H/t15-,18?;/m1./s1. The van der Waals surface area contributed by atoms with E-state index in [9.17, 15) is 9.90 Å². The second-order valence-corrected chi connectivity index (χ2v) is 6.67. The van der Waals surface area contributed by atoms with Gasteiger partial charge in [0, 0.05) is 25.7 Å². The van der Waals surface area contributed by atoms with Crippen molar-refractivity contribution in [1.82, 2.24) is 5.32 Å². The van der Waals surface area contributed by atoms with Crippen molar-refractivity contribution in [2.24, 2.45) is 0 Å². The molecule has 2 aromatic carbocycles. The fourth-order valence-corrected chi connectivity index (χ4v) is 3.33. The van der Waals surface area contributed by atoms with Crippen molar-refractivity contribution < 1.29 is 19.4 Å². The number of carboxylic acid groups (broad SMARTS) is 1. The van der Waals surface area contributed by atoms with Crippen LogP contribution in [0.1, 0.15) is 28.9 Å². The molecular weight excluding hydrogens is 380 g/mol. The molecule has 1 saturated heterocycles. The van der Waals surface area contributed by atoms with Crippen LogP contribution in [0.15, 0.2) is 48.5 Å². The third-order valence-electron chi connectivity index (χ3n) is 4.86. The molecule has 0 aliphatic carbocycles. The number of ether oxygens (including phenoxy) is 2. The molecule has 2 atom stereocenters. The van der Waals surface area contributed by atoms with Gasteiger partial charge in [0.05, 0.1) is 31.1 Å². The maximum absolute atomic E-state index is 11.5. The number of para-hydroxylation sites is 1. The van der Waals surface area contributed by atoms with Crippen molar-refractivity contribution in [2.75, 3.05) is 38.3 Å². The summed E-state index contributed by atoms with van der Waals surface area (Å²) in [5.74, 6) is -0.0649. The Morgan fingerprint density at radius 2 is 2.11 bits per heavy atom. The number of nitrogens with one attached hydrogen (secondary N) is 1. The lowest BCUT2D eigenvalue weighted by Crippen LogP contribution is -2.47. The van der Waals surface area contributed by atoms with Crippen molar-refractivity contribution in [1.29, 1.82) is 0 Å². The minimum Gasteiger partial charge on any atom is -0.497 e.